The maximum absolute atomic E-state index is 12.0. The number of carbonyl (C=O) groups excluding carboxylic acids is 1. The fraction of sp³-hybridized carbons (Fsp3) is 0.909. The first-order chi connectivity index (χ1) is 6.90. The minimum Gasteiger partial charge on any atom is -0.389 e. The highest BCUT2D eigenvalue weighted by Gasteiger charge is 2.26. The zero-order valence-electron chi connectivity index (χ0n) is 9.92. The molecule has 4 heteroatoms. The Morgan fingerprint density at radius 2 is 2.27 bits per heavy atom. The Morgan fingerprint density at radius 3 is 2.73 bits per heavy atom. The molecule has 1 aliphatic heterocycles. The predicted molar refractivity (Wildman–Crippen MR) is 59.5 cm³/mol. The number of nitrogens with zero attached hydrogens (tertiary/aromatic N) is 1. The maximum atomic E-state index is 12.0. The van der Waals surface area contributed by atoms with Crippen LogP contribution in [0.4, 0.5) is 0 Å². The second-order valence-electron chi connectivity index (χ2n) is 5.05. The third kappa shape index (κ3) is 4.18. The van der Waals surface area contributed by atoms with Crippen molar-refractivity contribution in [2.24, 2.45) is 5.92 Å². The first kappa shape index (κ1) is 12.5. The summed E-state index contributed by atoms with van der Waals surface area (Å²) in [7, 11) is 1.76. The summed E-state index contributed by atoms with van der Waals surface area (Å²) in [5.74, 6) is 0.232. The Morgan fingerprint density at radius 1 is 1.60 bits per heavy atom. The standard InChI is InChI=1S/C11H22N2O2/c1-11(2,15)8-13(3)10(14)9-5-4-6-12-7-9/h9,12,15H,4-8H2,1-3H3/t9-/m0/s1. The largest absolute Gasteiger partial charge is 0.389 e. The van der Waals surface area contributed by atoms with Gasteiger partial charge in [0.1, 0.15) is 0 Å². The first-order valence-electron chi connectivity index (χ1n) is 5.58. The van der Waals surface area contributed by atoms with Crippen LogP contribution in [0, 0.1) is 5.92 Å². The topological polar surface area (TPSA) is 52.6 Å². The van der Waals surface area contributed by atoms with Gasteiger partial charge in [0, 0.05) is 20.1 Å². The van der Waals surface area contributed by atoms with E-state index >= 15 is 0 Å². The van der Waals surface area contributed by atoms with Crippen LogP contribution >= 0.6 is 0 Å². The lowest BCUT2D eigenvalue weighted by molar-refractivity contribution is -0.137. The van der Waals surface area contributed by atoms with Gasteiger partial charge in [-0.3, -0.25) is 4.79 Å². The lowest BCUT2D eigenvalue weighted by Crippen LogP contribution is -2.46. The molecule has 0 spiro atoms. The smallest absolute Gasteiger partial charge is 0.226 e. The van der Waals surface area contributed by atoms with E-state index in [1.807, 2.05) is 0 Å². The number of carbonyl (C=O) groups is 1. The number of likely N-dealkylation sites (N-methyl/N-ethyl adjacent to an activating group) is 1. The molecular weight excluding hydrogens is 192 g/mol. The molecule has 1 amide bonds. The molecule has 88 valence electrons. The highest BCUT2D eigenvalue weighted by Crippen LogP contribution is 2.14. The Labute approximate surface area is 91.6 Å². The number of hydrogen-bond acceptors (Lipinski definition) is 3. The van der Waals surface area contributed by atoms with E-state index in [2.05, 4.69) is 5.32 Å². The summed E-state index contributed by atoms with van der Waals surface area (Å²) in [6.45, 7) is 5.61. The third-order valence-electron chi connectivity index (χ3n) is 2.65. The maximum Gasteiger partial charge on any atom is 0.226 e. The normalized spacial score (nSPS) is 22.5. The van der Waals surface area contributed by atoms with Gasteiger partial charge in [-0.25, -0.2) is 0 Å². The lowest BCUT2D eigenvalue weighted by atomic mass is 9.97. The van der Waals surface area contributed by atoms with Crippen molar-refractivity contribution in [1.82, 2.24) is 10.2 Å². The van der Waals surface area contributed by atoms with Gasteiger partial charge in [-0.1, -0.05) is 0 Å². The van der Waals surface area contributed by atoms with Gasteiger partial charge in [0.25, 0.3) is 0 Å². The molecule has 0 aromatic rings. The summed E-state index contributed by atoms with van der Waals surface area (Å²) in [5, 5.41) is 12.8. The van der Waals surface area contributed by atoms with Gasteiger partial charge < -0.3 is 15.3 Å². The Kier molecular flexibility index (Phi) is 4.11. The fourth-order valence-corrected chi connectivity index (χ4v) is 2.03. The van der Waals surface area contributed by atoms with Crippen LogP contribution in [-0.2, 0) is 4.79 Å². The summed E-state index contributed by atoms with van der Waals surface area (Å²) in [5.41, 5.74) is -0.813. The van der Waals surface area contributed by atoms with Gasteiger partial charge in [-0.15, -0.1) is 0 Å². The molecule has 0 radical (unpaired) electrons. The van der Waals surface area contributed by atoms with E-state index in [4.69, 9.17) is 0 Å². The molecule has 1 atom stereocenters. The van der Waals surface area contributed by atoms with Crippen LogP contribution in [0.1, 0.15) is 26.7 Å². The van der Waals surface area contributed by atoms with Crippen LogP contribution in [0.2, 0.25) is 0 Å². The third-order valence-corrected chi connectivity index (χ3v) is 2.65. The molecule has 2 N–H and O–H groups in total. The average molecular weight is 214 g/mol. The van der Waals surface area contributed by atoms with Crippen molar-refractivity contribution in [3.05, 3.63) is 0 Å². The molecule has 1 rings (SSSR count). The molecule has 1 saturated heterocycles. The van der Waals surface area contributed by atoms with E-state index in [0.29, 0.717) is 6.54 Å². The molecule has 0 unspecified atom stereocenters. The van der Waals surface area contributed by atoms with Crippen molar-refractivity contribution < 1.29 is 9.90 Å². The molecule has 0 saturated carbocycles. The summed E-state index contributed by atoms with van der Waals surface area (Å²) in [6.07, 6.45) is 2.02. The molecule has 1 aliphatic rings. The number of amides is 1. The van der Waals surface area contributed by atoms with Gasteiger partial charge in [-0.2, -0.15) is 0 Å². The summed E-state index contributed by atoms with van der Waals surface area (Å²) in [6, 6.07) is 0. The molecule has 4 nitrogen and oxygen atoms in total. The van der Waals surface area contributed by atoms with Crippen LogP contribution in [0.5, 0.6) is 0 Å². The average Bonchev–Trinajstić information content (AvgIpc) is 2.15. The van der Waals surface area contributed by atoms with Gasteiger partial charge in [0.15, 0.2) is 0 Å². The number of hydrogen-bond donors (Lipinski definition) is 2. The Hall–Kier alpha value is -0.610. The number of piperidine rings is 1. The van der Waals surface area contributed by atoms with Gasteiger partial charge in [0.05, 0.1) is 11.5 Å². The zero-order valence-corrected chi connectivity index (χ0v) is 9.92. The molecule has 0 aromatic heterocycles. The number of rotatable bonds is 3. The highest BCUT2D eigenvalue weighted by atomic mass is 16.3. The van der Waals surface area contributed by atoms with Crippen LogP contribution in [0.15, 0.2) is 0 Å². The van der Waals surface area contributed by atoms with Crippen LogP contribution in [0.3, 0.4) is 0 Å². The first-order valence-corrected chi connectivity index (χ1v) is 5.58. The van der Waals surface area contributed by atoms with Gasteiger partial charge >= 0.3 is 0 Å². The minimum atomic E-state index is -0.813. The molecule has 0 bridgehead atoms. The minimum absolute atomic E-state index is 0.0890. The zero-order chi connectivity index (χ0) is 11.5. The number of nitrogens with one attached hydrogen (secondary N) is 1. The second-order valence-corrected chi connectivity index (χ2v) is 5.05. The van der Waals surface area contributed by atoms with E-state index in [9.17, 15) is 9.90 Å². The van der Waals surface area contributed by atoms with Crippen molar-refractivity contribution in [1.29, 1.82) is 0 Å². The van der Waals surface area contributed by atoms with E-state index in [1.54, 1.807) is 25.8 Å². The monoisotopic (exact) mass is 214 g/mol. The summed E-state index contributed by atoms with van der Waals surface area (Å²) >= 11 is 0. The van der Waals surface area contributed by atoms with E-state index in [1.165, 1.54) is 0 Å². The van der Waals surface area contributed by atoms with Crippen molar-refractivity contribution in [3.63, 3.8) is 0 Å². The summed E-state index contributed by atoms with van der Waals surface area (Å²) in [4.78, 5) is 13.6. The van der Waals surface area contributed by atoms with E-state index < -0.39 is 5.60 Å². The van der Waals surface area contributed by atoms with Crippen molar-refractivity contribution >= 4 is 5.91 Å². The molecule has 0 aromatic carbocycles. The van der Waals surface area contributed by atoms with Crippen LogP contribution in [0.25, 0.3) is 0 Å². The predicted octanol–water partition coefficient (Wildman–Crippen LogP) is 0.215. The van der Waals surface area contributed by atoms with E-state index in [-0.39, 0.29) is 11.8 Å². The van der Waals surface area contributed by atoms with Gasteiger partial charge in [-0.05, 0) is 33.2 Å². The molecule has 1 heterocycles. The lowest BCUT2D eigenvalue weighted by Gasteiger charge is -2.30. The molecule has 1 fully saturated rings. The quantitative estimate of drug-likeness (QED) is 0.706. The van der Waals surface area contributed by atoms with Crippen LogP contribution in [-0.4, -0.2) is 48.2 Å². The van der Waals surface area contributed by atoms with Crippen molar-refractivity contribution in [2.45, 2.75) is 32.3 Å². The molecule has 15 heavy (non-hydrogen) atoms. The Bertz CT molecular complexity index is 217. The van der Waals surface area contributed by atoms with E-state index in [0.717, 1.165) is 25.9 Å². The second kappa shape index (κ2) is 4.94. The molecule has 0 aliphatic carbocycles. The summed E-state index contributed by atoms with van der Waals surface area (Å²) < 4.78 is 0. The van der Waals surface area contributed by atoms with Crippen molar-refractivity contribution in [3.8, 4) is 0 Å². The highest BCUT2D eigenvalue weighted by molar-refractivity contribution is 5.79. The SMILES string of the molecule is CN(CC(C)(C)O)C(=O)[C@H]1CCCNC1. The molecular formula is C11H22N2O2. The van der Waals surface area contributed by atoms with Gasteiger partial charge in [0.2, 0.25) is 5.91 Å². The van der Waals surface area contributed by atoms with Crippen molar-refractivity contribution in [2.75, 3.05) is 26.7 Å². The fourth-order valence-electron chi connectivity index (χ4n) is 2.03. The Balaban J connectivity index is 2.44. The van der Waals surface area contributed by atoms with Crippen LogP contribution < -0.4 is 5.32 Å². The number of aliphatic hydroxyl groups is 1.